The van der Waals surface area contributed by atoms with Crippen LogP contribution in [0.5, 0.6) is 5.75 Å². The molecular formula is C12H13F2NO3. The molecule has 1 fully saturated rings. The van der Waals surface area contributed by atoms with Crippen LogP contribution in [0.4, 0.5) is 8.78 Å². The Morgan fingerprint density at radius 3 is 2.56 bits per heavy atom. The summed E-state index contributed by atoms with van der Waals surface area (Å²) in [6.45, 7) is 0.281. The van der Waals surface area contributed by atoms with Gasteiger partial charge in [0.1, 0.15) is 0 Å². The first-order chi connectivity index (χ1) is 8.54. The highest BCUT2D eigenvalue weighted by Crippen LogP contribution is 2.25. The first-order valence-corrected chi connectivity index (χ1v) is 5.64. The lowest BCUT2D eigenvalue weighted by molar-refractivity contribution is 0.0676. The van der Waals surface area contributed by atoms with Gasteiger partial charge in [0, 0.05) is 12.1 Å². The number of hydrogen-bond donors (Lipinski definition) is 2. The van der Waals surface area contributed by atoms with Crippen LogP contribution in [0.3, 0.4) is 0 Å². The summed E-state index contributed by atoms with van der Waals surface area (Å²) < 4.78 is 26.3. The number of benzene rings is 1. The normalized spacial score (nSPS) is 19.3. The van der Waals surface area contributed by atoms with Crippen molar-refractivity contribution >= 4 is 5.91 Å². The number of aliphatic hydroxyl groups is 1. The van der Waals surface area contributed by atoms with E-state index in [1.165, 1.54) is 4.90 Å². The fraction of sp³-hybridized carbons (Fsp3) is 0.417. The van der Waals surface area contributed by atoms with Crippen molar-refractivity contribution < 1.29 is 23.8 Å². The van der Waals surface area contributed by atoms with E-state index in [4.69, 9.17) is 10.2 Å². The van der Waals surface area contributed by atoms with Crippen LogP contribution in [-0.2, 0) is 0 Å². The van der Waals surface area contributed by atoms with Crippen molar-refractivity contribution in [3.63, 3.8) is 0 Å². The Balaban J connectivity index is 2.29. The lowest BCUT2D eigenvalue weighted by Gasteiger charge is -2.23. The van der Waals surface area contributed by atoms with E-state index >= 15 is 0 Å². The molecule has 18 heavy (non-hydrogen) atoms. The molecule has 1 aromatic rings. The summed E-state index contributed by atoms with van der Waals surface area (Å²) >= 11 is 0. The van der Waals surface area contributed by atoms with E-state index in [2.05, 4.69) is 0 Å². The molecule has 1 aliphatic rings. The number of likely N-dealkylation sites (tertiary alicyclic amines) is 1. The van der Waals surface area contributed by atoms with Gasteiger partial charge >= 0.3 is 0 Å². The fourth-order valence-corrected chi connectivity index (χ4v) is 2.15. The number of aromatic hydroxyl groups is 1. The Hall–Kier alpha value is -1.69. The fourth-order valence-electron chi connectivity index (χ4n) is 2.15. The molecule has 1 aromatic carbocycles. The van der Waals surface area contributed by atoms with Crippen LogP contribution in [0, 0.1) is 11.6 Å². The molecule has 1 aliphatic heterocycles. The zero-order valence-corrected chi connectivity index (χ0v) is 9.57. The molecule has 0 radical (unpaired) electrons. The molecule has 4 nitrogen and oxygen atoms in total. The number of amides is 1. The van der Waals surface area contributed by atoms with Crippen LogP contribution in [-0.4, -0.2) is 40.2 Å². The zero-order chi connectivity index (χ0) is 13.3. The predicted molar refractivity (Wildman–Crippen MR) is 59.2 cm³/mol. The van der Waals surface area contributed by atoms with Crippen LogP contribution in [0.15, 0.2) is 12.1 Å². The van der Waals surface area contributed by atoms with E-state index in [9.17, 15) is 13.6 Å². The first-order valence-electron chi connectivity index (χ1n) is 5.64. The van der Waals surface area contributed by atoms with E-state index in [0.29, 0.717) is 13.0 Å². The second-order valence-electron chi connectivity index (χ2n) is 4.27. The largest absolute Gasteiger partial charge is 0.503 e. The van der Waals surface area contributed by atoms with Gasteiger partial charge in [-0.15, -0.1) is 0 Å². The number of phenols is 1. The molecule has 1 heterocycles. The Morgan fingerprint density at radius 2 is 2.00 bits per heavy atom. The lowest BCUT2D eigenvalue weighted by Crippen LogP contribution is -2.37. The molecule has 0 bridgehead atoms. The van der Waals surface area contributed by atoms with Crippen molar-refractivity contribution in [3.8, 4) is 5.75 Å². The number of carbonyl (C=O) groups is 1. The molecule has 98 valence electrons. The topological polar surface area (TPSA) is 60.8 Å². The third-order valence-electron chi connectivity index (χ3n) is 3.11. The van der Waals surface area contributed by atoms with E-state index in [1.807, 2.05) is 0 Å². The molecule has 1 unspecified atom stereocenters. The van der Waals surface area contributed by atoms with Crippen molar-refractivity contribution in [2.45, 2.75) is 18.9 Å². The van der Waals surface area contributed by atoms with Crippen molar-refractivity contribution in [2.75, 3.05) is 13.2 Å². The molecule has 0 aromatic heterocycles. The Morgan fingerprint density at radius 1 is 1.39 bits per heavy atom. The molecule has 6 heteroatoms. The Kier molecular flexibility index (Phi) is 3.47. The van der Waals surface area contributed by atoms with Gasteiger partial charge in [0.2, 0.25) is 0 Å². The van der Waals surface area contributed by atoms with Gasteiger partial charge in [0.15, 0.2) is 17.4 Å². The number of rotatable bonds is 2. The van der Waals surface area contributed by atoms with Gasteiger partial charge in [-0.3, -0.25) is 4.79 Å². The minimum absolute atomic E-state index is 0.164. The Labute approximate surface area is 102 Å². The van der Waals surface area contributed by atoms with E-state index in [-0.39, 0.29) is 18.2 Å². The molecule has 0 aliphatic carbocycles. The molecule has 2 rings (SSSR count). The number of nitrogens with zero attached hydrogens (tertiary/aromatic N) is 1. The van der Waals surface area contributed by atoms with Crippen LogP contribution in [0.1, 0.15) is 23.2 Å². The van der Waals surface area contributed by atoms with Crippen LogP contribution >= 0.6 is 0 Å². The van der Waals surface area contributed by atoms with Gasteiger partial charge in [0.25, 0.3) is 5.91 Å². The summed E-state index contributed by atoms with van der Waals surface area (Å²) in [6, 6.07) is 1.29. The molecule has 2 N–H and O–H groups in total. The number of phenolic OH excluding ortho intramolecular Hbond substituents is 1. The quantitative estimate of drug-likeness (QED) is 0.838. The molecule has 1 amide bonds. The van der Waals surface area contributed by atoms with E-state index < -0.39 is 23.3 Å². The van der Waals surface area contributed by atoms with E-state index in [0.717, 1.165) is 18.6 Å². The van der Waals surface area contributed by atoms with Gasteiger partial charge in [-0.2, -0.15) is 0 Å². The number of aliphatic hydroxyl groups excluding tert-OH is 1. The summed E-state index contributed by atoms with van der Waals surface area (Å²) in [7, 11) is 0. The molecule has 1 saturated heterocycles. The third kappa shape index (κ3) is 2.15. The van der Waals surface area contributed by atoms with Crippen molar-refractivity contribution in [3.05, 3.63) is 29.3 Å². The zero-order valence-electron chi connectivity index (χ0n) is 9.57. The lowest BCUT2D eigenvalue weighted by atomic mass is 10.1. The van der Waals surface area contributed by atoms with Crippen molar-refractivity contribution in [2.24, 2.45) is 0 Å². The average molecular weight is 257 g/mol. The number of halogens is 2. The second kappa shape index (κ2) is 4.89. The van der Waals surface area contributed by atoms with Gasteiger partial charge < -0.3 is 15.1 Å². The van der Waals surface area contributed by atoms with Gasteiger partial charge in [-0.25, -0.2) is 8.78 Å². The van der Waals surface area contributed by atoms with E-state index in [1.54, 1.807) is 0 Å². The molecule has 0 spiro atoms. The minimum Gasteiger partial charge on any atom is -0.503 e. The summed E-state index contributed by atoms with van der Waals surface area (Å²) in [5.41, 5.74) is -0.164. The SMILES string of the molecule is O=C(c1cc(F)c(O)c(F)c1)N1CCCC1CO. The van der Waals surface area contributed by atoms with Crippen LogP contribution in [0.2, 0.25) is 0 Å². The van der Waals surface area contributed by atoms with Gasteiger partial charge in [-0.05, 0) is 25.0 Å². The molecular weight excluding hydrogens is 244 g/mol. The molecule has 0 saturated carbocycles. The first kappa shape index (κ1) is 12.8. The number of hydrogen-bond acceptors (Lipinski definition) is 3. The molecule has 1 atom stereocenters. The summed E-state index contributed by atoms with van der Waals surface area (Å²) in [5.74, 6) is -3.97. The highest BCUT2D eigenvalue weighted by Gasteiger charge is 2.29. The second-order valence-corrected chi connectivity index (χ2v) is 4.27. The maximum absolute atomic E-state index is 13.2. The summed E-state index contributed by atoms with van der Waals surface area (Å²) in [4.78, 5) is 13.4. The predicted octanol–water partition coefficient (Wildman–Crippen LogP) is 1.27. The van der Waals surface area contributed by atoms with Crippen molar-refractivity contribution in [1.82, 2.24) is 4.90 Å². The highest BCUT2D eigenvalue weighted by atomic mass is 19.1. The minimum atomic E-state index is -1.17. The van der Waals surface area contributed by atoms with Crippen molar-refractivity contribution in [1.29, 1.82) is 0 Å². The van der Waals surface area contributed by atoms with Crippen LogP contribution < -0.4 is 0 Å². The van der Waals surface area contributed by atoms with Gasteiger partial charge in [0.05, 0.1) is 12.6 Å². The van der Waals surface area contributed by atoms with Gasteiger partial charge in [-0.1, -0.05) is 0 Å². The third-order valence-corrected chi connectivity index (χ3v) is 3.11. The highest BCUT2D eigenvalue weighted by molar-refractivity contribution is 5.94. The monoisotopic (exact) mass is 257 g/mol. The maximum Gasteiger partial charge on any atom is 0.254 e. The number of carbonyl (C=O) groups excluding carboxylic acids is 1. The standard InChI is InChI=1S/C12H13F2NO3/c13-9-4-7(5-10(14)11(9)17)12(18)15-3-1-2-8(15)6-16/h4-5,8,16-17H,1-3,6H2. The van der Waals surface area contributed by atoms with Crippen LogP contribution in [0.25, 0.3) is 0 Å². The maximum atomic E-state index is 13.2. The Bertz CT molecular complexity index is 455. The average Bonchev–Trinajstić information content (AvgIpc) is 2.82. The summed E-state index contributed by atoms with van der Waals surface area (Å²) in [5, 5.41) is 18.1. The smallest absolute Gasteiger partial charge is 0.254 e. The summed E-state index contributed by atoms with van der Waals surface area (Å²) in [6.07, 6.45) is 1.42.